The number of rotatable bonds is 6. The molecule has 0 aliphatic rings. The highest BCUT2D eigenvalue weighted by atomic mass is 31.1. The van der Waals surface area contributed by atoms with E-state index in [-0.39, 0.29) is 19.3 Å². The Kier molecular flexibility index (Phi) is 6.01. The van der Waals surface area contributed by atoms with Gasteiger partial charge in [0.25, 0.3) is 0 Å². The lowest BCUT2D eigenvalue weighted by molar-refractivity contribution is -0.142. The van der Waals surface area contributed by atoms with E-state index in [0.717, 1.165) is 0 Å². The Morgan fingerprint density at radius 3 is 2.38 bits per heavy atom. The predicted octanol–water partition coefficient (Wildman–Crippen LogP) is 0.477. The monoisotopic (exact) mass is 209 g/mol. The van der Waals surface area contributed by atoms with Crippen molar-refractivity contribution in [3.05, 3.63) is 0 Å². The molecule has 7 heteroatoms. The maximum atomic E-state index is 10.7. The van der Waals surface area contributed by atoms with Crippen molar-refractivity contribution in [2.75, 3.05) is 6.35 Å². The van der Waals surface area contributed by atoms with E-state index in [1.165, 1.54) is 0 Å². The van der Waals surface area contributed by atoms with Gasteiger partial charge in [0.15, 0.2) is 0 Å². The van der Waals surface area contributed by atoms with Crippen molar-refractivity contribution in [2.24, 2.45) is 0 Å². The molecular formula is C6H10O6P+. The molecule has 1 atom stereocenters. The molecule has 0 rings (SSSR count). The largest absolute Gasteiger partial charge is 0.547 e. The highest BCUT2D eigenvalue weighted by Gasteiger charge is 2.14. The molecule has 0 aromatic heterocycles. The zero-order chi connectivity index (χ0) is 10.3. The van der Waals surface area contributed by atoms with Crippen LogP contribution in [0, 0.1) is 0 Å². The minimum atomic E-state index is -2.47. The number of carbonyl (C=O) groups excluding carboxylic acids is 1. The summed E-state index contributed by atoms with van der Waals surface area (Å²) in [6, 6.07) is 0. The number of aliphatic carboxylic acids is 1. The lowest BCUT2D eigenvalue weighted by Gasteiger charge is -1.95. The topological polar surface area (TPSA) is 101 Å². The van der Waals surface area contributed by atoms with Gasteiger partial charge in [0.2, 0.25) is 0 Å². The summed E-state index contributed by atoms with van der Waals surface area (Å²) in [5.41, 5.74) is 0. The first kappa shape index (κ1) is 12.0. The summed E-state index contributed by atoms with van der Waals surface area (Å²) in [6.07, 6.45) is -0.506. The minimum Gasteiger partial charge on any atom is -0.481 e. The molecule has 0 radical (unpaired) electrons. The van der Waals surface area contributed by atoms with Gasteiger partial charge in [-0.15, -0.1) is 0 Å². The fourth-order valence-electron chi connectivity index (χ4n) is 0.583. The van der Waals surface area contributed by atoms with Crippen molar-refractivity contribution in [2.45, 2.75) is 19.3 Å². The zero-order valence-electron chi connectivity index (χ0n) is 6.80. The first-order valence-electron chi connectivity index (χ1n) is 3.53. The van der Waals surface area contributed by atoms with Crippen LogP contribution in [0.5, 0.6) is 0 Å². The lowest BCUT2D eigenvalue weighted by atomic mass is 10.2. The summed E-state index contributed by atoms with van der Waals surface area (Å²) in [6.45, 7) is 0. The number of hydrogen-bond acceptors (Lipinski definition) is 4. The number of esters is 1. The van der Waals surface area contributed by atoms with Crippen LogP contribution in [0.25, 0.3) is 0 Å². The molecule has 0 heterocycles. The van der Waals surface area contributed by atoms with Crippen molar-refractivity contribution < 1.29 is 28.9 Å². The second-order valence-corrected chi connectivity index (χ2v) is 3.21. The van der Waals surface area contributed by atoms with Gasteiger partial charge >= 0.3 is 26.3 Å². The summed E-state index contributed by atoms with van der Waals surface area (Å²) in [7, 11) is -2.47. The van der Waals surface area contributed by atoms with E-state index in [2.05, 4.69) is 4.74 Å². The van der Waals surface area contributed by atoms with Crippen LogP contribution in [0.1, 0.15) is 19.3 Å². The van der Waals surface area contributed by atoms with Gasteiger partial charge < -0.3 is 9.84 Å². The summed E-state index contributed by atoms with van der Waals surface area (Å²) in [5.74, 6) is -1.64. The average Bonchev–Trinajstić information content (AvgIpc) is 2.00. The second kappa shape index (κ2) is 6.51. The SMILES string of the molecule is O=C(O)CCCC(=O)OC[P+](=O)O. The third kappa shape index (κ3) is 8.91. The predicted molar refractivity (Wildman–Crippen MR) is 42.3 cm³/mol. The molecule has 0 saturated carbocycles. The quantitative estimate of drug-likeness (QED) is 0.487. The van der Waals surface area contributed by atoms with Crippen LogP contribution in [0.2, 0.25) is 0 Å². The van der Waals surface area contributed by atoms with Crippen molar-refractivity contribution >= 4 is 20.0 Å². The van der Waals surface area contributed by atoms with Crippen molar-refractivity contribution in [3.63, 3.8) is 0 Å². The van der Waals surface area contributed by atoms with Crippen LogP contribution in [0.4, 0.5) is 0 Å². The van der Waals surface area contributed by atoms with E-state index in [0.29, 0.717) is 0 Å². The molecule has 1 unspecified atom stereocenters. The first-order chi connectivity index (χ1) is 6.02. The van der Waals surface area contributed by atoms with Crippen LogP contribution in [-0.4, -0.2) is 28.3 Å². The average molecular weight is 209 g/mol. The Bertz CT molecular complexity index is 213. The molecule has 0 aliphatic heterocycles. The summed E-state index contributed by atoms with van der Waals surface area (Å²) in [5, 5.41) is 8.21. The molecule has 0 bridgehead atoms. The van der Waals surface area contributed by atoms with E-state index in [9.17, 15) is 14.2 Å². The van der Waals surface area contributed by atoms with Gasteiger partial charge in [-0.3, -0.25) is 9.59 Å². The third-order valence-electron chi connectivity index (χ3n) is 1.11. The van der Waals surface area contributed by atoms with Crippen LogP contribution in [-0.2, 0) is 18.9 Å². The molecule has 0 saturated heterocycles. The van der Waals surface area contributed by atoms with Gasteiger partial charge in [-0.25, -0.2) is 0 Å². The smallest absolute Gasteiger partial charge is 0.481 e. The lowest BCUT2D eigenvalue weighted by Crippen LogP contribution is -2.05. The van der Waals surface area contributed by atoms with Gasteiger partial charge in [-0.1, -0.05) is 0 Å². The van der Waals surface area contributed by atoms with E-state index in [4.69, 9.17) is 10.00 Å². The highest BCUT2D eigenvalue weighted by molar-refractivity contribution is 7.37. The third-order valence-corrected chi connectivity index (χ3v) is 1.46. The number of carboxylic acid groups (broad SMARTS) is 1. The van der Waals surface area contributed by atoms with E-state index in [1.807, 2.05) is 0 Å². The molecule has 74 valence electrons. The first-order valence-corrected chi connectivity index (χ1v) is 4.93. The Hall–Kier alpha value is -1.00. The number of carbonyl (C=O) groups is 2. The van der Waals surface area contributed by atoms with Gasteiger partial charge in [0.1, 0.15) is 0 Å². The molecule has 13 heavy (non-hydrogen) atoms. The van der Waals surface area contributed by atoms with Crippen molar-refractivity contribution in [3.8, 4) is 0 Å². The van der Waals surface area contributed by atoms with Gasteiger partial charge in [0, 0.05) is 12.8 Å². The molecule has 2 N–H and O–H groups in total. The molecule has 0 spiro atoms. The molecule has 0 aromatic carbocycles. The Morgan fingerprint density at radius 1 is 1.31 bits per heavy atom. The Morgan fingerprint density at radius 2 is 1.92 bits per heavy atom. The van der Waals surface area contributed by atoms with Crippen LogP contribution < -0.4 is 0 Å². The zero-order valence-corrected chi connectivity index (χ0v) is 7.70. The van der Waals surface area contributed by atoms with Gasteiger partial charge in [-0.05, 0) is 11.0 Å². The summed E-state index contributed by atoms with van der Waals surface area (Å²) in [4.78, 5) is 28.9. The number of carboxylic acids is 1. The van der Waals surface area contributed by atoms with Crippen LogP contribution in [0.3, 0.4) is 0 Å². The Labute approximate surface area is 75.4 Å². The molecule has 0 aromatic rings. The van der Waals surface area contributed by atoms with Crippen LogP contribution in [0.15, 0.2) is 0 Å². The maximum Gasteiger partial charge on any atom is 0.547 e. The number of ether oxygens (including phenoxy) is 1. The standard InChI is InChI=1S/C6H9O6P/c7-5(8)2-1-3-6(9)12-4-13(10)11/h1-4H2,(H-,7,8,10,11)/p+1. The van der Waals surface area contributed by atoms with E-state index in [1.54, 1.807) is 0 Å². The molecule has 6 nitrogen and oxygen atoms in total. The van der Waals surface area contributed by atoms with Gasteiger partial charge in [0.05, 0.1) is 0 Å². The summed E-state index contributed by atoms with van der Waals surface area (Å²) < 4.78 is 14.4. The summed E-state index contributed by atoms with van der Waals surface area (Å²) >= 11 is 0. The molecule has 0 amide bonds. The van der Waals surface area contributed by atoms with Crippen molar-refractivity contribution in [1.29, 1.82) is 0 Å². The van der Waals surface area contributed by atoms with E-state index >= 15 is 0 Å². The molecule has 0 aliphatic carbocycles. The van der Waals surface area contributed by atoms with Crippen molar-refractivity contribution in [1.82, 2.24) is 0 Å². The molecule has 0 fully saturated rings. The van der Waals surface area contributed by atoms with Crippen LogP contribution >= 0.6 is 8.03 Å². The maximum absolute atomic E-state index is 10.7. The number of hydrogen-bond donors (Lipinski definition) is 2. The molecular weight excluding hydrogens is 199 g/mol. The normalized spacial score (nSPS) is 10.7. The van der Waals surface area contributed by atoms with Gasteiger partial charge in [-0.2, -0.15) is 4.89 Å². The fourth-order valence-corrected chi connectivity index (χ4v) is 0.838. The second-order valence-electron chi connectivity index (χ2n) is 2.24. The highest BCUT2D eigenvalue weighted by Crippen LogP contribution is 2.12. The Balaban J connectivity index is 3.41. The minimum absolute atomic E-state index is 0.0462. The van der Waals surface area contributed by atoms with E-state index < -0.39 is 26.3 Å². The fraction of sp³-hybridized carbons (Fsp3) is 0.667.